The fourth-order valence-electron chi connectivity index (χ4n) is 2.75. The van der Waals surface area contributed by atoms with Crippen LogP contribution in [0.25, 0.3) is 10.9 Å². The Morgan fingerprint density at radius 3 is 2.68 bits per heavy atom. The van der Waals surface area contributed by atoms with Crippen molar-refractivity contribution in [3.05, 3.63) is 35.5 Å². The summed E-state index contributed by atoms with van der Waals surface area (Å²) in [5.41, 5.74) is 2.17. The summed E-state index contributed by atoms with van der Waals surface area (Å²) in [5.74, 6) is 0. The van der Waals surface area contributed by atoms with Crippen LogP contribution in [0.1, 0.15) is 13.8 Å². The van der Waals surface area contributed by atoms with E-state index in [0.29, 0.717) is 0 Å². The first-order valence-electron chi connectivity index (χ1n) is 6.58. The number of fused-ring (bicyclic) bond motifs is 1. The van der Waals surface area contributed by atoms with E-state index >= 15 is 0 Å². The number of ether oxygens (including phenoxy) is 1. The van der Waals surface area contributed by atoms with Crippen molar-refractivity contribution in [2.75, 3.05) is 18.0 Å². The van der Waals surface area contributed by atoms with Crippen molar-refractivity contribution in [3.8, 4) is 0 Å². The summed E-state index contributed by atoms with van der Waals surface area (Å²) in [6.45, 7) is 6.02. The Morgan fingerprint density at radius 2 is 1.95 bits per heavy atom. The number of hydrogen-bond acceptors (Lipinski definition) is 3. The fraction of sp³-hybridized carbons (Fsp3) is 0.400. The maximum atomic E-state index is 6.12. The molecule has 1 aliphatic heterocycles. The van der Waals surface area contributed by atoms with Gasteiger partial charge in [0.2, 0.25) is 0 Å². The molecule has 1 aromatic heterocycles. The quantitative estimate of drug-likeness (QED) is 0.797. The summed E-state index contributed by atoms with van der Waals surface area (Å²) in [7, 11) is 0. The van der Waals surface area contributed by atoms with E-state index in [1.54, 1.807) is 0 Å². The lowest BCUT2D eigenvalue weighted by Gasteiger charge is -2.37. The van der Waals surface area contributed by atoms with Gasteiger partial charge in [-0.25, -0.2) is 0 Å². The van der Waals surface area contributed by atoms with Crippen LogP contribution in [0.3, 0.4) is 0 Å². The molecule has 3 nitrogen and oxygen atoms in total. The van der Waals surface area contributed by atoms with E-state index in [-0.39, 0.29) is 12.2 Å². The second-order valence-corrected chi connectivity index (χ2v) is 5.59. The van der Waals surface area contributed by atoms with Crippen LogP contribution >= 0.6 is 11.6 Å². The molecule has 2 unspecified atom stereocenters. The molecule has 4 heteroatoms. The maximum Gasteiger partial charge on any atom is 0.0726 e. The van der Waals surface area contributed by atoms with Gasteiger partial charge in [0.15, 0.2) is 0 Å². The van der Waals surface area contributed by atoms with Gasteiger partial charge < -0.3 is 9.64 Å². The van der Waals surface area contributed by atoms with Crippen LogP contribution in [0.5, 0.6) is 0 Å². The zero-order valence-electron chi connectivity index (χ0n) is 11.1. The van der Waals surface area contributed by atoms with Gasteiger partial charge in [0, 0.05) is 35.4 Å². The van der Waals surface area contributed by atoms with Crippen molar-refractivity contribution < 1.29 is 4.74 Å². The third kappa shape index (κ3) is 2.53. The molecule has 0 N–H and O–H groups in total. The van der Waals surface area contributed by atoms with Crippen LogP contribution in [-0.2, 0) is 4.74 Å². The summed E-state index contributed by atoms with van der Waals surface area (Å²) >= 11 is 6.12. The van der Waals surface area contributed by atoms with Crippen molar-refractivity contribution in [1.29, 1.82) is 0 Å². The standard InChI is InChI=1S/C15H17ClN2O/c1-10-8-18(9-11(2)19-10)15-5-6-17-14-4-3-12(16)7-13(14)15/h3-7,10-11H,8-9H2,1-2H3. The van der Waals surface area contributed by atoms with E-state index in [1.807, 2.05) is 24.4 Å². The molecule has 19 heavy (non-hydrogen) atoms. The minimum Gasteiger partial charge on any atom is -0.372 e. The SMILES string of the molecule is CC1CN(c2ccnc3ccc(Cl)cc23)CC(C)O1. The summed E-state index contributed by atoms with van der Waals surface area (Å²) < 4.78 is 5.79. The lowest BCUT2D eigenvalue weighted by molar-refractivity contribution is -0.00513. The lowest BCUT2D eigenvalue weighted by atomic mass is 10.1. The minimum absolute atomic E-state index is 0.242. The lowest BCUT2D eigenvalue weighted by Crippen LogP contribution is -2.45. The average Bonchev–Trinajstić information content (AvgIpc) is 2.36. The zero-order chi connectivity index (χ0) is 13.4. The molecule has 0 bridgehead atoms. The number of halogens is 1. The highest BCUT2D eigenvalue weighted by molar-refractivity contribution is 6.31. The van der Waals surface area contributed by atoms with Crippen molar-refractivity contribution in [1.82, 2.24) is 4.98 Å². The summed E-state index contributed by atoms with van der Waals surface area (Å²) in [6, 6.07) is 7.90. The number of nitrogens with zero attached hydrogens (tertiary/aromatic N) is 2. The predicted octanol–water partition coefficient (Wildman–Crippen LogP) is 3.50. The zero-order valence-corrected chi connectivity index (χ0v) is 11.9. The maximum absolute atomic E-state index is 6.12. The Morgan fingerprint density at radius 1 is 1.21 bits per heavy atom. The minimum atomic E-state index is 0.242. The molecule has 2 atom stereocenters. The molecule has 2 heterocycles. The predicted molar refractivity (Wildman–Crippen MR) is 79.0 cm³/mol. The Hall–Kier alpha value is -1.32. The molecular formula is C15H17ClN2O. The first-order chi connectivity index (χ1) is 9.13. The Balaban J connectivity index is 2.06. The number of anilines is 1. The topological polar surface area (TPSA) is 25.4 Å². The summed E-state index contributed by atoms with van der Waals surface area (Å²) in [5, 5.41) is 1.85. The van der Waals surface area contributed by atoms with Gasteiger partial charge in [-0.1, -0.05) is 11.6 Å². The van der Waals surface area contributed by atoms with Gasteiger partial charge in [-0.2, -0.15) is 0 Å². The van der Waals surface area contributed by atoms with Gasteiger partial charge in [-0.15, -0.1) is 0 Å². The van der Waals surface area contributed by atoms with Gasteiger partial charge in [0.05, 0.1) is 17.7 Å². The number of hydrogen-bond donors (Lipinski definition) is 0. The van der Waals surface area contributed by atoms with E-state index in [9.17, 15) is 0 Å². The molecule has 3 rings (SSSR count). The molecular weight excluding hydrogens is 260 g/mol. The van der Waals surface area contributed by atoms with E-state index in [1.165, 1.54) is 5.69 Å². The molecule has 0 amide bonds. The van der Waals surface area contributed by atoms with Crippen LogP contribution in [0, 0.1) is 0 Å². The van der Waals surface area contributed by atoms with E-state index in [2.05, 4.69) is 29.8 Å². The molecule has 1 saturated heterocycles. The number of benzene rings is 1. The Kier molecular flexibility index (Phi) is 3.33. The third-order valence-electron chi connectivity index (χ3n) is 3.44. The Bertz CT molecular complexity index is 592. The fourth-order valence-corrected chi connectivity index (χ4v) is 2.93. The van der Waals surface area contributed by atoms with E-state index in [0.717, 1.165) is 29.0 Å². The monoisotopic (exact) mass is 276 g/mol. The van der Waals surface area contributed by atoms with Gasteiger partial charge in [0.1, 0.15) is 0 Å². The molecule has 0 radical (unpaired) electrons. The smallest absolute Gasteiger partial charge is 0.0726 e. The highest BCUT2D eigenvalue weighted by Gasteiger charge is 2.23. The average molecular weight is 277 g/mol. The Labute approximate surface area is 118 Å². The molecule has 100 valence electrons. The summed E-state index contributed by atoms with van der Waals surface area (Å²) in [4.78, 5) is 6.76. The molecule has 2 aromatic rings. The van der Waals surface area contributed by atoms with Crippen molar-refractivity contribution in [2.24, 2.45) is 0 Å². The number of rotatable bonds is 1. The molecule has 0 saturated carbocycles. The number of aromatic nitrogens is 1. The van der Waals surface area contributed by atoms with Crippen LogP contribution in [0.2, 0.25) is 5.02 Å². The van der Waals surface area contributed by atoms with Gasteiger partial charge in [-0.3, -0.25) is 4.98 Å². The molecule has 1 aliphatic rings. The second kappa shape index (κ2) is 4.99. The number of pyridine rings is 1. The highest BCUT2D eigenvalue weighted by Crippen LogP contribution is 2.29. The van der Waals surface area contributed by atoms with Crippen LogP contribution in [0.4, 0.5) is 5.69 Å². The molecule has 0 spiro atoms. The number of morpholine rings is 1. The normalized spacial score (nSPS) is 23.8. The third-order valence-corrected chi connectivity index (χ3v) is 3.68. The van der Waals surface area contributed by atoms with Crippen molar-refractivity contribution >= 4 is 28.2 Å². The second-order valence-electron chi connectivity index (χ2n) is 5.15. The molecule has 1 fully saturated rings. The van der Waals surface area contributed by atoms with Crippen LogP contribution < -0.4 is 4.90 Å². The molecule has 1 aromatic carbocycles. The first kappa shape index (κ1) is 12.7. The van der Waals surface area contributed by atoms with Crippen LogP contribution in [-0.4, -0.2) is 30.3 Å². The van der Waals surface area contributed by atoms with Gasteiger partial charge in [0.25, 0.3) is 0 Å². The van der Waals surface area contributed by atoms with Crippen molar-refractivity contribution in [2.45, 2.75) is 26.1 Å². The molecule has 0 aliphatic carbocycles. The van der Waals surface area contributed by atoms with Gasteiger partial charge >= 0.3 is 0 Å². The highest BCUT2D eigenvalue weighted by atomic mass is 35.5. The van der Waals surface area contributed by atoms with Gasteiger partial charge in [-0.05, 0) is 38.1 Å². The van der Waals surface area contributed by atoms with Crippen LogP contribution in [0.15, 0.2) is 30.5 Å². The first-order valence-corrected chi connectivity index (χ1v) is 6.96. The summed E-state index contributed by atoms with van der Waals surface area (Å²) in [6.07, 6.45) is 2.34. The van der Waals surface area contributed by atoms with Crippen molar-refractivity contribution in [3.63, 3.8) is 0 Å². The van der Waals surface area contributed by atoms with E-state index in [4.69, 9.17) is 16.3 Å². The largest absolute Gasteiger partial charge is 0.372 e. The van der Waals surface area contributed by atoms with E-state index < -0.39 is 0 Å².